The van der Waals surface area contributed by atoms with Gasteiger partial charge in [-0.25, -0.2) is 4.98 Å². The number of hydrogen-bond acceptors (Lipinski definition) is 5. The number of hydrogen-bond donors (Lipinski definition) is 1. The third-order valence-electron chi connectivity index (χ3n) is 5.88. The lowest BCUT2D eigenvalue weighted by Gasteiger charge is -2.31. The molecule has 0 radical (unpaired) electrons. The van der Waals surface area contributed by atoms with Gasteiger partial charge in [0, 0.05) is 50.9 Å². The summed E-state index contributed by atoms with van der Waals surface area (Å²) in [7, 11) is 1.66. The van der Waals surface area contributed by atoms with Crippen LogP contribution < -0.4 is 5.32 Å². The van der Waals surface area contributed by atoms with Crippen molar-refractivity contribution in [3.8, 4) is 11.5 Å². The second-order valence-electron chi connectivity index (χ2n) is 8.20. The van der Waals surface area contributed by atoms with E-state index in [1.54, 1.807) is 19.2 Å². The molecule has 2 aromatic carbocycles. The maximum absolute atomic E-state index is 13.0. The fourth-order valence-electron chi connectivity index (χ4n) is 4.07. The lowest BCUT2D eigenvalue weighted by atomic mass is 9.93. The average molecular weight is 436 g/mol. The van der Waals surface area contributed by atoms with E-state index in [2.05, 4.69) is 10.3 Å². The summed E-state index contributed by atoms with van der Waals surface area (Å²) in [6.07, 6.45) is 3.00. The maximum Gasteiger partial charge on any atom is 0.253 e. The van der Waals surface area contributed by atoms with E-state index >= 15 is 0 Å². The van der Waals surface area contributed by atoms with Crippen molar-refractivity contribution in [2.45, 2.75) is 25.7 Å². The number of nitrogens with zero attached hydrogens (tertiary/aromatic N) is 2. The summed E-state index contributed by atoms with van der Waals surface area (Å²) in [6, 6.07) is 15.1. The van der Waals surface area contributed by atoms with Gasteiger partial charge in [0.15, 0.2) is 5.58 Å². The van der Waals surface area contributed by atoms with Gasteiger partial charge in [-0.3, -0.25) is 9.59 Å². The van der Waals surface area contributed by atoms with Gasteiger partial charge in [-0.15, -0.1) is 0 Å². The maximum atomic E-state index is 13.0. The molecule has 3 aromatic rings. The van der Waals surface area contributed by atoms with Crippen LogP contribution in [0.2, 0.25) is 0 Å². The van der Waals surface area contributed by atoms with Gasteiger partial charge in [-0.1, -0.05) is 18.2 Å². The molecule has 4 rings (SSSR count). The molecule has 1 aliphatic rings. The Balaban J connectivity index is 1.32. The fraction of sp³-hybridized carbons (Fsp3) is 0.400. The Labute approximate surface area is 187 Å². The zero-order chi connectivity index (χ0) is 22.3. The number of nitrogens with one attached hydrogen (secondary N) is 1. The van der Waals surface area contributed by atoms with Crippen LogP contribution in [0.4, 0.5) is 0 Å². The first-order chi connectivity index (χ1) is 15.6. The van der Waals surface area contributed by atoms with Crippen LogP contribution in [0.15, 0.2) is 52.9 Å². The molecular weight excluding hydrogens is 406 g/mol. The number of piperidine rings is 1. The number of oxazole rings is 1. The number of aromatic nitrogens is 1. The topological polar surface area (TPSA) is 84.7 Å². The molecule has 1 aromatic heterocycles. The fourth-order valence-corrected chi connectivity index (χ4v) is 4.07. The van der Waals surface area contributed by atoms with E-state index < -0.39 is 0 Å². The first kappa shape index (κ1) is 22.0. The Morgan fingerprint density at radius 2 is 1.94 bits per heavy atom. The zero-order valence-corrected chi connectivity index (χ0v) is 18.4. The monoisotopic (exact) mass is 435 g/mol. The molecule has 7 heteroatoms. The van der Waals surface area contributed by atoms with Crippen molar-refractivity contribution in [1.29, 1.82) is 0 Å². The van der Waals surface area contributed by atoms with Gasteiger partial charge < -0.3 is 19.4 Å². The Morgan fingerprint density at radius 3 is 2.69 bits per heavy atom. The largest absolute Gasteiger partial charge is 0.436 e. The van der Waals surface area contributed by atoms with Gasteiger partial charge >= 0.3 is 0 Å². The highest BCUT2D eigenvalue weighted by atomic mass is 16.5. The minimum Gasteiger partial charge on any atom is -0.436 e. The number of methoxy groups -OCH3 is 1. The van der Waals surface area contributed by atoms with Crippen LogP contribution in [0, 0.1) is 5.92 Å². The number of carbonyl (C=O) groups excluding carboxylic acids is 2. The molecule has 2 amide bonds. The van der Waals surface area contributed by atoms with Crippen molar-refractivity contribution in [2.24, 2.45) is 5.92 Å². The Hall–Kier alpha value is -3.19. The van der Waals surface area contributed by atoms with Crippen molar-refractivity contribution in [1.82, 2.24) is 15.2 Å². The van der Waals surface area contributed by atoms with E-state index in [9.17, 15) is 9.59 Å². The smallest absolute Gasteiger partial charge is 0.253 e. The van der Waals surface area contributed by atoms with Gasteiger partial charge in [-0.05, 0) is 55.5 Å². The summed E-state index contributed by atoms with van der Waals surface area (Å²) in [4.78, 5) is 31.5. The van der Waals surface area contributed by atoms with Crippen molar-refractivity contribution in [3.63, 3.8) is 0 Å². The molecule has 2 heterocycles. The van der Waals surface area contributed by atoms with E-state index in [1.807, 2.05) is 41.3 Å². The highest BCUT2D eigenvalue weighted by molar-refractivity contribution is 5.97. The third kappa shape index (κ3) is 5.34. The van der Waals surface area contributed by atoms with E-state index in [-0.39, 0.29) is 11.8 Å². The van der Waals surface area contributed by atoms with Gasteiger partial charge in [0.05, 0.1) is 0 Å². The molecule has 0 bridgehead atoms. The summed E-state index contributed by atoms with van der Waals surface area (Å²) in [5.41, 5.74) is 2.85. The van der Waals surface area contributed by atoms with E-state index in [4.69, 9.17) is 9.15 Å². The zero-order valence-electron chi connectivity index (χ0n) is 18.4. The van der Waals surface area contributed by atoms with Gasteiger partial charge in [0.1, 0.15) is 5.52 Å². The number of carbonyl (C=O) groups is 2. The first-order valence-electron chi connectivity index (χ1n) is 11.1. The van der Waals surface area contributed by atoms with Gasteiger partial charge in [0.25, 0.3) is 5.91 Å². The van der Waals surface area contributed by atoms with Crippen LogP contribution in [0.5, 0.6) is 0 Å². The summed E-state index contributed by atoms with van der Waals surface area (Å²) >= 11 is 0. The normalized spacial score (nSPS) is 14.6. The van der Waals surface area contributed by atoms with Crippen LogP contribution >= 0.6 is 0 Å². The number of rotatable bonds is 8. The molecular formula is C25H29N3O4. The predicted molar refractivity (Wildman–Crippen MR) is 122 cm³/mol. The standard InChI is InChI=1S/C25H29N3O4/c1-31-15-5-12-26-23(29)16-18-10-13-28(14-11-18)25(30)20-8-9-22-21(17-20)27-24(32-22)19-6-3-2-4-7-19/h2-4,6-9,17-18H,5,10-16H2,1H3,(H,26,29). The Kier molecular flexibility index (Phi) is 7.17. The molecule has 0 atom stereocenters. The summed E-state index contributed by atoms with van der Waals surface area (Å²) in [6.45, 7) is 2.61. The lowest BCUT2D eigenvalue weighted by Crippen LogP contribution is -2.39. The number of benzene rings is 2. The molecule has 1 N–H and O–H groups in total. The molecule has 0 unspecified atom stereocenters. The second-order valence-corrected chi connectivity index (χ2v) is 8.20. The van der Waals surface area contributed by atoms with Crippen LogP contribution in [0.3, 0.4) is 0 Å². The second kappa shape index (κ2) is 10.4. The predicted octanol–water partition coefficient (Wildman–Crippen LogP) is 3.89. The molecule has 0 spiro atoms. The van der Waals surface area contributed by atoms with E-state index in [0.717, 1.165) is 24.8 Å². The van der Waals surface area contributed by atoms with Gasteiger partial charge in [-0.2, -0.15) is 0 Å². The van der Waals surface area contributed by atoms with Gasteiger partial charge in [0.2, 0.25) is 11.8 Å². The first-order valence-corrected chi connectivity index (χ1v) is 11.1. The van der Waals surface area contributed by atoms with Crippen molar-refractivity contribution in [3.05, 3.63) is 54.1 Å². The highest BCUT2D eigenvalue weighted by Gasteiger charge is 2.25. The van der Waals surface area contributed by atoms with Crippen molar-refractivity contribution < 1.29 is 18.7 Å². The number of amides is 2. The lowest BCUT2D eigenvalue weighted by molar-refractivity contribution is -0.122. The molecule has 0 saturated carbocycles. The Bertz CT molecular complexity index is 1060. The molecule has 168 valence electrons. The molecule has 7 nitrogen and oxygen atoms in total. The van der Waals surface area contributed by atoms with Crippen molar-refractivity contribution >= 4 is 22.9 Å². The quantitative estimate of drug-likeness (QED) is 0.543. The van der Waals surface area contributed by atoms with Crippen LogP contribution in [-0.4, -0.2) is 55.0 Å². The summed E-state index contributed by atoms with van der Waals surface area (Å²) < 4.78 is 10.8. The van der Waals surface area contributed by atoms with E-state index in [0.29, 0.717) is 61.1 Å². The summed E-state index contributed by atoms with van der Waals surface area (Å²) in [5.74, 6) is 0.939. The average Bonchev–Trinajstić information content (AvgIpc) is 3.26. The molecule has 1 aliphatic heterocycles. The highest BCUT2D eigenvalue weighted by Crippen LogP contribution is 2.26. The minimum atomic E-state index is -0.00127. The van der Waals surface area contributed by atoms with E-state index in [1.165, 1.54) is 0 Å². The number of likely N-dealkylation sites (tertiary alicyclic amines) is 1. The molecule has 0 aliphatic carbocycles. The van der Waals surface area contributed by atoms with Crippen LogP contribution in [0.1, 0.15) is 36.0 Å². The minimum absolute atomic E-state index is 0.00127. The molecule has 1 fully saturated rings. The summed E-state index contributed by atoms with van der Waals surface area (Å²) in [5, 5.41) is 2.94. The Morgan fingerprint density at radius 1 is 1.16 bits per heavy atom. The molecule has 1 saturated heterocycles. The SMILES string of the molecule is COCCCNC(=O)CC1CCN(C(=O)c2ccc3oc(-c4ccccc4)nc3c2)CC1. The van der Waals surface area contributed by atoms with Crippen LogP contribution in [-0.2, 0) is 9.53 Å². The number of fused-ring (bicyclic) bond motifs is 1. The number of ether oxygens (including phenoxy) is 1. The van der Waals surface area contributed by atoms with Crippen LogP contribution in [0.25, 0.3) is 22.6 Å². The van der Waals surface area contributed by atoms with Crippen molar-refractivity contribution in [2.75, 3.05) is 33.4 Å². The third-order valence-corrected chi connectivity index (χ3v) is 5.88. The molecule has 32 heavy (non-hydrogen) atoms.